The second kappa shape index (κ2) is 8.28. The molecule has 8 heteroatoms. The van der Waals surface area contributed by atoms with E-state index in [-0.39, 0.29) is 22.8 Å². The molecule has 4 rings (SSSR count). The maximum Gasteiger partial charge on any atom is 0.255 e. The van der Waals surface area contributed by atoms with Gasteiger partial charge in [-0.05, 0) is 42.7 Å². The number of amides is 1. The van der Waals surface area contributed by atoms with E-state index in [0.717, 1.165) is 12.5 Å². The van der Waals surface area contributed by atoms with Crippen LogP contribution in [0.5, 0.6) is 0 Å². The van der Waals surface area contributed by atoms with Gasteiger partial charge in [0.15, 0.2) is 0 Å². The Morgan fingerprint density at radius 2 is 1.97 bits per heavy atom. The molecule has 1 aromatic heterocycles. The Balaban J connectivity index is 1.61. The molecule has 0 spiro atoms. The summed E-state index contributed by atoms with van der Waals surface area (Å²) in [5, 5.41) is 2.73. The number of halogens is 2. The molecule has 2 aromatic carbocycles. The number of nitrogens with zero attached hydrogens (tertiary/aromatic N) is 3. The van der Waals surface area contributed by atoms with Gasteiger partial charge in [-0.3, -0.25) is 14.2 Å². The summed E-state index contributed by atoms with van der Waals surface area (Å²) in [6, 6.07) is 13.5. The first-order chi connectivity index (χ1) is 14.4. The fraction of sp³-hybridized carbons (Fsp3) is 0.227. The third kappa shape index (κ3) is 4.21. The van der Waals surface area contributed by atoms with Gasteiger partial charge in [-0.1, -0.05) is 35.9 Å². The first-order valence-electron chi connectivity index (χ1n) is 9.56. The molecule has 0 unspecified atom stereocenters. The van der Waals surface area contributed by atoms with Crippen LogP contribution in [0.1, 0.15) is 16.8 Å². The van der Waals surface area contributed by atoms with E-state index in [9.17, 15) is 14.0 Å². The Morgan fingerprint density at radius 3 is 2.73 bits per heavy atom. The van der Waals surface area contributed by atoms with Crippen molar-refractivity contribution in [1.82, 2.24) is 9.55 Å². The Bertz CT molecular complexity index is 1180. The third-order valence-corrected chi connectivity index (χ3v) is 5.27. The van der Waals surface area contributed by atoms with E-state index >= 15 is 0 Å². The molecule has 0 saturated carbocycles. The number of aryl methyl sites for hydroxylation is 1. The van der Waals surface area contributed by atoms with Crippen molar-refractivity contribution in [1.29, 1.82) is 0 Å². The monoisotopic (exact) mass is 426 g/mol. The van der Waals surface area contributed by atoms with Gasteiger partial charge in [0.2, 0.25) is 11.9 Å². The highest BCUT2D eigenvalue weighted by Crippen LogP contribution is 2.23. The summed E-state index contributed by atoms with van der Waals surface area (Å²) in [7, 11) is 0. The molecule has 1 aliphatic rings. The van der Waals surface area contributed by atoms with Crippen LogP contribution < -0.4 is 15.8 Å². The van der Waals surface area contributed by atoms with Crippen LogP contribution in [0.3, 0.4) is 0 Å². The normalized spacial score (nSPS) is 13.1. The van der Waals surface area contributed by atoms with Crippen molar-refractivity contribution in [3.05, 3.63) is 86.5 Å². The fourth-order valence-corrected chi connectivity index (χ4v) is 3.75. The number of anilines is 2. The van der Waals surface area contributed by atoms with Crippen molar-refractivity contribution in [3.8, 4) is 0 Å². The zero-order valence-electron chi connectivity index (χ0n) is 16.4. The summed E-state index contributed by atoms with van der Waals surface area (Å²) in [5.41, 5.74) is 2.69. The number of fused-ring (bicyclic) bond motifs is 1. The molecule has 0 bridgehead atoms. The second-order valence-electron chi connectivity index (χ2n) is 7.23. The van der Waals surface area contributed by atoms with Crippen molar-refractivity contribution >= 4 is 29.1 Å². The van der Waals surface area contributed by atoms with Gasteiger partial charge in [-0.15, -0.1) is 0 Å². The number of hydrogen-bond donors (Lipinski definition) is 1. The first kappa shape index (κ1) is 20.1. The number of benzene rings is 2. The van der Waals surface area contributed by atoms with Gasteiger partial charge in [0.05, 0.1) is 5.69 Å². The number of carbonyl (C=O) groups excluding carboxylic acids is 1. The van der Waals surface area contributed by atoms with E-state index in [4.69, 9.17) is 11.6 Å². The molecule has 1 N–H and O–H groups in total. The molecular formula is C22H20ClFN4O2. The number of aromatic nitrogens is 2. The van der Waals surface area contributed by atoms with Crippen LogP contribution in [0.2, 0.25) is 5.02 Å². The highest BCUT2D eigenvalue weighted by atomic mass is 35.5. The number of hydrogen-bond acceptors (Lipinski definition) is 4. The molecule has 30 heavy (non-hydrogen) atoms. The third-order valence-electron chi connectivity index (χ3n) is 5.04. The minimum atomic E-state index is -0.641. The Hall–Kier alpha value is -3.19. The van der Waals surface area contributed by atoms with Crippen LogP contribution >= 0.6 is 11.6 Å². The molecule has 154 valence electrons. The van der Waals surface area contributed by atoms with Gasteiger partial charge in [-0.25, -0.2) is 9.37 Å². The molecule has 0 aliphatic carbocycles. The van der Waals surface area contributed by atoms with Gasteiger partial charge < -0.3 is 10.2 Å². The van der Waals surface area contributed by atoms with Gasteiger partial charge >= 0.3 is 0 Å². The molecular weight excluding hydrogens is 407 g/mol. The summed E-state index contributed by atoms with van der Waals surface area (Å²) >= 11 is 5.75. The highest BCUT2D eigenvalue weighted by Gasteiger charge is 2.22. The van der Waals surface area contributed by atoms with Crippen molar-refractivity contribution < 1.29 is 9.18 Å². The van der Waals surface area contributed by atoms with E-state index in [2.05, 4.69) is 22.4 Å². The van der Waals surface area contributed by atoms with E-state index in [1.54, 1.807) is 6.92 Å². The fourth-order valence-electron chi connectivity index (χ4n) is 3.59. The number of rotatable bonds is 4. The summed E-state index contributed by atoms with van der Waals surface area (Å²) < 4.78 is 15.3. The maximum absolute atomic E-state index is 14.0. The van der Waals surface area contributed by atoms with E-state index in [1.807, 2.05) is 17.0 Å². The molecule has 3 aromatic rings. The standard InChI is InChI=1S/C22H20ClFN4O2/c1-14-10-21(30)28(13-20(29)26-19-7-6-17(23)11-18(19)24)22(25-14)27-9-8-15-4-2-3-5-16(15)12-27/h2-7,10-11H,8-9,12-13H2,1H3,(H,26,29). The van der Waals surface area contributed by atoms with Crippen molar-refractivity contribution in [2.24, 2.45) is 0 Å². The minimum Gasteiger partial charge on any atom is -0.337 e. The van der Waals surface area contributed by atoms with Crippen molar-refractivity contribution in [3.63, 3.8) is 0 Å². The summed E-state index contributed by atoms with van der Waals surface area (Å²) in [5.74, 6) is -0.734. The van der Waals surface area contributed by atoms with E-state index in [0.29, 0.717) is 24.7 Å². The second-order valence-corrected chi connectivity index (χ2v) is 7.67. The van der Waals surface area contributed by atoms with Crippen LogP contribution in [-0.4, -0.2) is 22.0 Å². The molecule has 0 fully saturated rings. The summed E-state index contributed by atoms with van der Waals surface area (Å²) in [6.45, 7) is 2.75. The topological polar surface area (TPSA) is 67.2 Å². The Labute approximate surface area is 177 Å². The lowest BCUT2D eigenvalue weighted by Gasteiger charge is -2.31. The van der Waals surface area contributed by atoms with Crippen molar-refractivity contribution in [2.45, 2.75) is 26.4 Å². The van der Waals surface area contributed by atoms with Gasteiger partial charge in [0.1, 0.15) is 12.4 Å². The van der Waals surface area contributed by atoms with Gasteiger partial charge in [0.25, 0.3) is 5.56 Å². The average Bonchev–Trinajstić information content (AvgIpc) is 2.71. The molecule has 2 heterocycles. The van der Waals surface area contributed by atoms with Crippen LogP contribution in [0, 0.1) is 12.7 Å². The van der Waals surface area contributed by atoms with Crippen LogP contribution in [0.15, 0.2) is 53.3 Å². The lowest BCUT2D eigenvalue weighted by atomic mass is 10.0. The van der Waals surface area contributed by atoms with E-state index in [1.165, 1.54) is 33.9 Å². The maximum atomic E-state index is 14.0. The summed E-state index contributed by atoms with van der Waals surface area (Å²) in [4.78, 5) is 31.8. The van der Waals surface area contributed by atoms with Gasteiger partial charge in [0, 0.05) is 29.9 Å². The quantitative estimate of drug-likeness (QED) is 0.692. The van der Waals surface area contributed by atoms with Gasteiger partial charge in [-0.2, -0.15) is 0 Å². The number of nitrogens with one attached hydrogen (secondary N) is 1. The molecule has 1 amide bonds. The molecule has 0 saturated heterocycles. The Kier molecular flexibility index (Phi) is 5.55. The SMILES string of the molecule is Cc1cc(=O)n(CC(=O)Nc2ccc(Cl)cc2F)c(N2CCc3ccccc3C2)n1. The number of carbonyl (C=O) groups is 1. The largest absolute Gasteiger partial charge is 0.337 e. The van der Waals surface area contributed by atoms with Crippen LogP contribution in [0.25, 0.3) is 0 Å². The molecule has 1 aliphatic heterocycles. The highest BCUT2D eigenvalue weighted by molar-refractivity contribution is 6.30. The van der Waals surface area contributed by atoms with Crippen molar-refractivity contribution in [2.75, 3.05) is 16.8 Å². The zero-order valence-corrected chi connectivity index (χ0v) is 17.1. The predicted octanol–water partition coefficient (Wildman–Crippen LogP) is 3.55. The Morgan fingerprint density at radius 1 is 1.20 bits per heavy atom. The molecule has 6 nitrogen and oxygen atoms in total. The molecule has 0 radical (unpaired) electrons. The lowest BCUT2D eigenvalue weighted by molar-refractivity contribution is -0.116. The minimum absolute atomic E-state index is 0.00553. The predicted molar refractivity (Wildman–Crippen MR) is 114 cm³/mol. The van der Waals surface area contributed by atoms with E-state index < -0.39 is 11.7 Å². The van der Waals surface area contributed by atoms with Crippen LogP contribution in [-0.2, 0) is 24.3 Å². The average molecular weight is 427 g/mol. The summed E-state index contributed by atoms with van der Waals surface area (Å²) in [6.07, 6.45) is 0.822. The smallest absolute Gasteiger partial charge is 0.255 e. The lowest BCUT2D eigenvalue weighted by Crippen LogP contribution is -2.38. The zero-order chi connectivity index (χ0) is 21.3. The first-order valence-corrected chi connectivity index (χ1v) is 9.93. The molecule has 0 atom stereocenters. The van der Waals surface area contributed by atoms with Crippen LogP contribution in [0.4, 0.5) is 16.0 Å².